The summed E-state index contributed by atoms with van der Waals surface area (Å²) < 4.78 is 4.90. The zero-order valence-electron chi connectivity index (χ0n) is 16.8. The molecule has 0 bridgehead atoms. The number of amides is 2. The molecule has 2 aromatic carbocycles. The van der Waals surface area contributed by atoms with Gasteiger partial charge in [0.1, 0.15) is 6.54 Å². The number of halogens is 2. The van der Waals surface area contributed by atoms with E-state index in [1.165, 1.54) is 37.5 Å². The van der Waals surface area contributed by atoms with E-state index in [0.29, 0.717) is 10.7 Å². The van der Waals surface area contributed by atoms with E-state index in [2.05, 4.69) is 15.5 Å². The first-order chi connectivity index (χ1) is 14.9. The highest BCUT2D eigenvalue weighted by Crippen LogP contribution is 2.22. The second-order valence-corrected chi connectivity index (χ2v) is 7.95. The van der Waals surface area contributed by atoms with E-state index in [9.17, 15) is 14.4 Å². The number of anilines is 2. The van der Waals surface area contributed by atoms with Crippen LogP contribution in [-0.4, -0.2) is 44.0 Å². The van der Waals surface area contributed by atoms with Gasteiger partial charge in [-0.2, -0.15) is 0 Å². The number of piperidine rings is 1. The van der Waals surface area contributed by atoms with Gasteiger partial charge in [-0.1, -0.05) is 23.2 Å². The number of hydrogen-bond donors (Lipinski definition) is 2. The van der Waals surface area contributed by atoms with Gasteiger partial charge >= 0.3 is 5.97 Å². The van der Waals surface area contributed by atoms with Crippen molar-refractivity contribution in [2.24, 2.45) is 0 Å². The van der Waals surface area contributed by atoms with Crippen LogP contribution in [0.4, 0.5) is 11.4 Å². The zero-order chi connectivity index (χ0) is 22.2. The van der Waals surface area contributed by atoms with Crippen molar-refractivity contribution in [3.8, 4) is 0 Å². The topological polar surface area (TPSA) is 87.7 Å². The molecule has 1 heterocycles. The number of esters is 1. The normalized spacial score (nSPS) is 13.4. The van der Waals surface area contributed by atoms with Crippen molar-refractivity contribution in [3.63, 3.8) is 0 Å². The Labute approximate surface area is 190 Å². The summed E-state index contributed by atoms with van der Waals surface area (Å²) >= 11 is 11.7. The molecular formula is C22H23Cl2N3O4. The van der Waals surface area contributed by atoms with Crippen LogP contribution in [0.15, 0.2) is 42.5 Å². The van der Waals surface area contributed by atoms with Gasteiger partial charge in [0.25, 0.3) is 11.8 Å². The first-order valence-corrected chi connectivity index (χ1v) is 10.7. The second-order valence-electron chi connectivity index (χ2n) is 7.11. The fourth-order valence-corrected chi connectivity index (χ4v) is 3.72. The summed E-state index contributed by atoms with van der Waals surface area (Å²) in [7, 11) is 0. The van der Waals surface area contributed by atoms with Gasteiger partial charge < -0.3 is 20.3 Å². The molecule has 2 N–H and O–H groups in total. The highest BCUT2D eigenvalue weighted by atomic mass is 35.5. The van der Waals surface area contributed by atoms with Crippen molar-refractivity contribution in [3.05, 3.63) is 58.1 Å². The number of ether oxygens (including phenoxy) is 1. The van der Waals surface area contributed by atoms with Gasteiger partial charge in [0, 0.05) is 29.5 Å². The summed E-state index contributed by atoms with van der Waals surface area (Å²) in [6.45, 7) is 1.24. The van der Waals surface area contributed by atoms with E-state index in [0.717, 1.165) is 18.8 Å². The summed E-state index contributed by atoms with van der Waals surface area (Å²) in [6, 6.07) is 12.0. The van der Waals surface area contributed by atoms with Crippen LogP contribution in [0.5, 0.6) is 0 Å². The standard InChI is InChI=1S/C22H23Cl2N3O4/c23-15-4-9-18(19(24)12-15)22(30)25-13-21(29)31-14-20(28)26-16-5-7-17(8-6-16)27-10-2-1-3-11-27/h4-9,12H,1-3,10-11,13-14H2,(H,25,30)(H,26,28). The fraction of sp³-hybridized carbons (Fsp3) is 0.318. The summed E-state index contributed by atoms with van der Waals surface area (Å²) in [5.74, 6) is -1.75. The third-order valence-corrected chi connectivity index (χ3v) is 5.35. The summed E-state index contributed by atoms with van der Waals surface area (Å²) in [5, 5.41) is 5.64. The SMILES string of the molecule is O=C(COC(=O)CNC(=O)c1ccc(Cl)cc1Cl)Nc1ccc(N2CCCCC2)cc1. The molecule has 0 atom stereocenters. The monoisotopic (exact) mass is 463 g/mol. The van der Waals surface area contributed by atoms with Crippen LogP contribution < -0.4 is 15.5 Å². The second kappa shape index (κ2) is 11.0. The van der Waals surface area contributed by atoms with E-state index in [1.807, 2.05) is 24.3 Å². The maximum absolute atomic E-state index is 12.1. The average molecular weight is 464 g/mol. The van der Waals surface area contributed by atoms with Gasteiger partial charge in [-0.25, -0.2) is 0 Å². The largest absolute Gasteiger partial charge is 0.454 e. The van der Waals surface area contributed by atoms with Crippen LogP contribution in [0.2, 0.25) is 10.0 Å². The molecule has 1 aliphatic heterocycles. The Hall–Kier alpha value is -2.77. The number of hydrogen-bond acceptors (Lipinski definition) is 5. The van der Waals surface area contributed by atoms with Crippen LogP contribution >= 0.6 is 23.2 Å². The minimum absolute atomic E-state index is 0.170. The first-order valence-electron chi connectivity index (χ1n) is 9.96. The molecule has 7 nitrogen and oxygen atoms in total. The molecule has 1 saturated heterocycles. The van der Waals surface area contributed by atoms with Crippen molar-refractivity contribution in [1.29, 1.82) is 0 Å². The molecule has 1 fully saturated rings. The van der Waals surface area contributed by atoms with Crippen LogP contribution in [0, 0.1) is 0 Å². The van der Waals surface area contributed by atoms with Crippen LogP contribution in [-0.2, 0) is 14.3 Å². The van der Waals surface area contributed by atoms with Gasteiger partial charge in [0.05, 0.1) is 10.6 Å². The Morgan fingerprint density at radius 3 is 2.35 bits per heavy atom. The summed E-state index contributed by atoms with van der Waals surface area (Å²) in [5.41, 5.74) is 1.93. The van der Waals surface area contributed by atoms with Crippen molar-refractivity contribution < 1.29 is 19.1 Å². The van der Waals surface area contributed by atoms with Crippen LogP contribution in [0.1, 0.15) is 29.6 Å². The molecule has 0 radical (unpaired) electrons. The van der Waals surface area contributed by atoms with Gasteiger partial charge in [-0.05, 0) is 61.7 Å². The maximum atomic E-state index is 12.1. The Kier molecular flexibility index (Phi) is 8.14. The van der Waals surface area contributed by atoms with Crippen molar-refractivity contribution in [2.45, 2.75) is 19.3 Å². The molecular weight excluding hydrogens is 441 g/mol. The smallest absolute Gasteiger partial charge is 0.325 e. The Balaban J connectivity index is 1.39. The minimum atomic E-state index is -0.742. The van der Waals surface area contributed by atoms with Gasteiger partial charge in [-0.15, -0.1) is 0 Å². The van der Waals surface area contributed by atoms with E-state index in [4.69, 9.17) is 27.9 Å². The average Bonchev–Trinajstić information content (AvgIpc) is 2.77. The van der Waals surface area contributed by atoms with Gasteiger partial charge in [0.2, 0.25) is 0 Å². The lowest BCUT2D eigenvalue weighted by Gasteiger charge is -2.28. The molecule has 9 heteroatoms. The molecule has 0 spiro atoms. The van der Waals surface area contributed by atoms with Crippen LogP contribution in [0.3, 0.4) is 0 Å². The number of carbonyl (C=O) groups excluding carboxylic acids is 3. The van der Waals surface area contributed by atoms with Crippen molar-refractivity contribution in [1.82, 2.24) is 5.32 Å². The molecule has 0 aromatic heterocycles. The lowest BCUT2D eigenvalue weighted by atomic mass is 10.1. The third kappa shape index (κ3) is 6.87. The molecule has 2 amide bonds. The predicted molar refractivity (Wildman–Crippen MR) is 121 cm³/mol. The van der Waals surface area contributed by atoms with E-state index < -0.39 is 30.9 Å². The molecule has 0 unspecified atom stereocenters. The Morgan fingerprint density at radius 1 is 0.968 bits per heavy atom. The number of nitrogens with one attached hydrogen (secondary N) is 2. The third-order valence-electron chi connectivity index (χ3n) is 4.81. The summed E-state index contributed by atoms with van der Waals surface area (Å²) in [6.07, 6.45) is 3.65. The van der Waals surface area contributed by atoms with E-state index in [1.54, 1.807) is 0 Å². The number of nitrogens with zero attached hydrogens (tertiary/aromatic N) is 1. The number of benzene rings is 2. The number of carbonyl (C=O) groups is 3. The van der Waals surface area contributed by atoms with Crippen LogP contribution in [0.25, 0.3) is 0 Å². The molecule has 0 aliphatic carbocycles. The Morgan fingerprint density at radius 2 is 1.68 bits per heavy atom. The molecule has 3 rings (SSSR count). The Bertz CT molecular complexity index is 944. The minimum Gasteiger partial charge on any atom is -0.454 e. The molecule has 164 valence electrons. The highest BCUT2D eigenvalue weighted by Gasteiger charge is 2.14. The zero-order valence-corrected chi connectivity index (χ0v) is 18.3. The lowest BCUT2D eigenvalue weighted by Crippen LogP contribution is -2.32. The fourth-order valence-electron chi connectivity index (χ4n) is 3.22. The summed E-state index contributed by atoms with van der Waals surface area (Å²) in [4.78, 5) is 38.2. The first kappa shape index (κ1) is 22.9. The highest BCUT2D eigenvalue weighted by molar-refractivity contribution is 6.36. The molecule has 0 saturated carbocycles. The predicted octanol–water partition coefficient (Wildman–Crippen LogP) is 3.90. The molecule has 1 aliphatic rings. The molecule has 2 aromatic rings. The molecule has 31 heavy (non-hydrogen) atoms. The maximum Gasteiger partial charge on any atom is 0.325 e. The van der Waals surface area contributed by atoms with Crippen molar-refractivity contribution >= 4 is 52.4 Å². The van der Waals surface area contributed by atoms with Gasteiger partial charge in [0.15, 0.2) is 6.61 Å². The number of rotatable bonds is 7. The van der Waals surface area contributed by atoms with E-state index >= 15 is 0 Å². The lowest BCUT2D eigenvalue weighted by molar-refractivity contribution is -0.146. The van der Waals surface area contributed by atoms with Gasteiger partial charge in [-0.3, -0.25) is 14.4 Å². The van der Waals surface area contributed by atoms with Crippen molar-refractivity contribution in [2.75, 3.05) is 36.5 Å². The van der Waals surface area contributed by atoms with E-state index in [-0.39, 0.29) is 10.6 Å². The quantitative estimate of drug-likeness (QED) is 0.607.